The van der Waals surface area contributed by atoms with Crippen molar-refractivity contribution in [3.63, 3.8) is 0 Å². The predicted molar refractivity (Wildman–Crippen MR) is 84.2 cm³/mol. The van der Waals surface area contributed by atoms with E-state index in [0.717, 1.165) is 34.0 Å². The van der Waals surface area contributed by atoms with Gasteiger partial charge in [-0.25, -0.2) is 4.98 Å². The number of rotatable bonds is 4. The van der Waals surface area contributed by atoms with Gasteiger partial charge in [-0.3, -0.25) is 9.20 Å². The van der Waals surface area contributed by atoms with E-state index in [2.05, 4.69) is 4.98 Å². The molecule has 0 saturated heterocycles. The number of thiazole rings is 1. The number of nitrogens with zero attached hydrogens (tertiary/aromatic N) is 2. The van der Waals surface area contributed by atoms with Crippen LogP contribution in [0.1, 0.15) is 18.3 Å². The van der Waals surface area contributed by atoms with Gasteiger partial charge < -0.3 is 5.11 Å². The Hall–Kier alpha value is -1.85. The summed E-state index contributed by atoms with van der Waals surface area (Å²) in [6.07, 6.45) is 0.784. The van der Waals surface area contributed by atoms with Crippen LogP contribution in [0.25, 0.3) is 16.2 Å². The molecule has 0 aliphatic heterocycles. The zero-order chi connectivity index (χ0) is 15.0. The Labute approximate surface area is 130 Å². The fraction of sp³-hybridized carbons (Fsp3) is 0.200. The minimum absolute atomic E-state index is 0.00339. The number of aromatic nitrogens is 2. The van der Waals surface area contributed by atoms with Crippen molar-refractivity contribution in [2.24, 2.45) is 0 Å². The molecule has 21 heavy (non-hydrogen) atoms. The molecule has 0 saturated carbocycles. The molecule has 6 heteroatoms. The van der Waals surface area contributed by atoms with E-state index in [-0.39, 0.29) is 6.42 Å². The molecule has 0 aliphatic carbocycles. The van der Waals surface area contributed by atoms with Gasteiger partial charge in [-0.1, -0.05) is 30.7 Å². The van der Waals surface area contributed by atoms with E-state index in [1.54, 1.807) is 0 Å². The summed E-state index contributed by atoms with van der Waals surface area (Å²) in [5.41, 5.74) is 3.69. The number of benzene rings is 1. The molecule has 4 nitrogen and oxygen atoms in total. The van der Waals surface area contributed by atoms with E-state index in [0.29, 0.717) is 5.02 Å². The lowest BCUT2D eigenvalue weighted by molar-refractivity contribution is -0.136. The zero-order valence-corrected chi connectivity index (χ0v) is 12.9. The Balaban J connectivity index is 2.18. The summed E-state index contributed by atoms with van der Waals surface area (Å²) >= 11 is 7.39. The van der Waals surface area contributed by atoms with E-state index >= 15 is 0 Å². The maximum absolute atomic E-state index is 11.0. The molecule has 0 unspecified atom stereocenters. The number of aliphatic carboxylic acids is 1. The van der Waals surface area contributed by atoms with Gasteiger partial charge in [0.1, 0.15) is 0 Å². The third kappa shape index (κ3) is 2.54. The number of carboxylic acid groups (broad SMARTS) is 1. The van der Waals surface area contributed by atoms with Gasteiger partial charge in [0.2, 0.25) is 0 Å². The largest absolute Gasteiger partial charge is 0.481 e. The number of imidazole rings is 1. The van der Waals surface area contributed by atoms with Gasteiger partial charge in [0, 0.05) is 21.7 Å². The van der Waals surface area contributed by atoms with Crippen molar-refractivity contribution in [1.29, 1.82) is 0 Å². The van der Waals surface area contributed by atoms with Gasteiger partial charge in [0.25, 0.3) is 0 Å². The molecule has 0 aliphatic rings. The summed E-state index contributed by atoms with van der Waals surface area (Å²) in [4.78, 5) is 16.5. The fourth-order valence-electron chi connectivity index (χ4n) is 2.42. The third-order valence-electron chi connectivity index (χ3n) is 3.31. The summed E-state index contributed by atoms with van der Waals surface area (Å²) in [5, 5.41) is 11.6. The van der Waals surface area contributed by atoms with Crippen LogP contribution in [0.4, 0.5) is 0 Å². The average Bonchev–Trinajstić information content (AvgIpc) is 2.99. The highest BCUT2D eigenvalue weighted by Crippen LogP contribution is 2.29. The van der Waals surface area contributed by atoms with E-state index < -0.39 is 5.97 Å². The summed E-state index contributed by atoms with van der Waals surface area (Å²) in [7, 11) is 0. The minimum atomic E-state index is -0.835. The number of carbonyl (C=O) groups is 1. The smallest absolute Gasteiger partial charge is 0.309 e. The number of hydrogen-bond donors (Lipinski definition) is 1. The molecule has 0 atom stereocenters. The maximum Gasteiger partial charge on any atom is 0.309 e. The van der Waals surface area contributed by atoms with E-state index in [1.165, 1.54) is 11.3 Å². The third-order valence-corrected chi connectivity index (χ3v) is 4.44. The molecular weight excluding hydrogens is 308 g/mol. The zero-order valence-electron chi connectivity index (χ0n) is 11.3. The molecule has 0 amide bonds. The van der Waals surface area contributed by atoms with Crippen LogP contribution in [0.3, 0.4) is 0 Å². The molecule has 1 N–H and O–H groups in total. The van der Waals surface area contributed by atoms with E-state index in [9.17, 15) is 4.79 Å². The lowest BCUT2D eigenvalue weighted by Gasteiger charge is -2.04. The SMILES string of the molecule is CCc1c(-c2ccc(Cl)cc2)nc2scc(CC(=O)O)n12. The summed E-state index contributed by atoms with van der Waals surface area (Å²) < 4.78 is 1.96. The Morgan fingerprint density at radius 2 is 2.10 bits per heavy atom. The van der Waals surface area contributed by atoms with Crippen molar-refractivity contribution in [3.05, 3.63) is 46.1 Å². The standard InChI is InChI=1S/C15H13ClN2O2S/c1-2-12-14(9-3-5-10(16)6-4-9)17-15-18(12)11(8-21-15)7-13(19)20/h3-6,8H,2,7H2,1H3,(H,19,20). The monoisotopic (exact) mass is 320 g/mol. The Morgan fingerprint density at radius 3 is 2.71 bits per heavy atom. The number of halogens is 1. The highest BCUT2D eigenvalue weighted by molar-refractivity contribution is 7.15. The van der Waals surface area contributed by atoms with Crippen LogP contribution in [0.15, 0.2) is 29.6 Å². The van der Waals surface area contributed by atoms with Crippen LogP contribution in [-0.4, -0.2) is 20.5 Å². The molecule has 2 aromatic heterocycles. The first-order chi connectivity index (χ1) is 10.1. The van der Waals surface area contributed by atoms with Gasteiger partial charge in [0.05, 0.1) is 17.8 Å². The summed E-state index contributed by atoms with van der Waals surface area (Å²) in [6.45, 7) is 2.05. The summed E-state index contributed by atoms with van der Waals surface area (Å²) in [5.74, 6) is -0.835. The minimum Gasteiger partial charge on any atom is -0.481 e. The second-order valence-electron chi connectivity index (χ2n) is 4.68. The van der Waals surface area contributed by atoms with E-state index in [1.807, 2.05) is 41.0 Å². The van der Waals surface area contributed by atoms with Crippen molar-refractivity contribution in [3.8, 4) is 11.3 Å². The molecule has 1 aromatic carbocycles. The van der Waals surface area contributed by atoms with Crippen molar-refractivity contribution in [2.75, 3.05) is 0 Å². The topological polar surface area (TPSA) is 54.6 Å². The molecule has 108 valence electrons. The fourth-order valence-corrected chi connectivity index (χ4v) is 3.45. The molecule has 3 rings (SSSR count). The second-order valence-corrected chi connectivity index (χ2v) is 5.96. The molecule has 3 aromatic rings. The summed E-state index contributed by atoms with van der Waals surface area (Å²) in [6, 6.07) is 7.54. The first-order valence-corrected chi connectivity index (χ1v) is 7.81. The molecule has 0 spiro atoms. The first kappa shape index (κ1) is 14.1. The van der Waals surface area contributed by atoms with Crippen LogP contribution in [0.5, 0.6) is 0 Å². The van der Waals surface area contributed by atoms with Crippen molar-refractivity contribution < 1.29 is 9.90 Å². The molecular formula is C15H13ClN2O2S. The van der Waals surface area contributed by atoms with Gasteiger partial charge in [-0.05, 0) is 18.6 Å². The van der Waals surface area contributed by atoms with Gasteiger partial charge >= 0.3 is 5.97 Å². The van der Waals surface area contributed by atoms with Gasteiger partial charge in [-0.2, -0.15) is 0 Å². The Bertz CT molecular complexity index is 805. The Kier molecular flexibility index (Phi) is 3.69. The maximum atomic E-state index is 11.0. The Morgan fingerprint density at radius 1 is 1.38 bits per heavy atom. The van der Waals surface area contributed by atoms with Crippen LogP contribution < -0.4 is 0 Å². The first-order valence-electron chi connectivity index (χ1n) is 6.55. The van der Waals surface area contributed by atoms with Crippen molar-refractivity contribution in [2.45, 2.75) is 19.8 Å². The van der Waals surface area contributed by atoms with Crippen molar-refractivity contribution >= 4 is 33.9 Å². The highest BCUT2D eigenvalue weighted by Gasteiger charge is 2.17. The van der Waals surface area contributed by atoms with Crippen LogP contribution >= 0.6 is 22.9 Å². The quantitative estimate of drug-likeness (QED) is 0.793. The van der Waals surface area contributed by atoms with Crippen LogP contribution in [0, 0.1) is 0 Å². The molecule has 2 heterocycles. The van der Waals surface area contributed by atoms with Crippen LogP contribution in [-0.2, 0) is 17.6 Å². The van der Waals surface area contributed by atoms with E-state index in [4.69, 9.17) is 16.7 Å². The lowest BCUT2D eigenvalue weighted by atomic mass is 10.1. The second kappa shape index (κ2) is 5.50. The molecule has 0 bridgehead atoms. The number of fused-ring (bicyclic) bond motifs is 1. The number of carboxylic acids is 1. The van der Waals surface area contributed by atoms with Gasteiger partial charge in [0.15, 0.2) is 4.96 Å². The predicted octanol–water partition coefficient (Wildman–Crippen LogP) is 3.91. The molecule has 0 radical (unpaired) electrons. The van der Waals surface area contributed by atoms with Crippen molar-refractivity contribution in [1.82, 2.24) is 9.38 Å². The number of hydrogen-bond acceptors (Lipinski definition) is 3. The lowest BCUT2D eigenvalue weighted by Crippen LogP contribution is -2.04. The average molecular weight is 321 g/mol. The number of aryl methyl sites for hydroxylation is 1. The normalized spacial score (nSPS) is 11.1. The highest BCUT2D eigenvalue weighted by atomic mass is 35.5. The molecule has 0 fully saturated rings. The van der Waals surface area contributed by atoms with Crippen LogP contribution in [0.2, 0.25) is 5.02 Å². The van der Waals surface area contributed by atoms with Gasteiger partial charge in [-0.15, -0.1) is 11.3 Å².